The van der Waals surface area contributed by atoms with E-state index in [1.54, 1.807) is 0 Å². The molecule has 0 aliphatic carbocycles. The minimum Gasteiger partial charge on any atom is -0.297 e. The Morgan fingerprint density at radius 1 is 1.23 bits per heavy atom. The molecule has 0 amide bonds. The first-order valence-corrected chi connectivity index (χ1v) is 8.55. The molecule has 0 N–H and O–H groups in total. The van der Waals surface area contributed by atoms with E-state index < -0.39 is 0 Å². The molecular weight excluding hydrogens is 292 g/mol. The van der Waals surface area contributed by atoms with Crippen molar-refractivity contribution in [2.75, 3.05) is 19.3 Å². The zero-order valence-corrected chi connectivity index (χ0v) is 13.8. The predicted octanol–water partition coefficient (Wildman–Crippen LogP) is 3.13. The van der Waals surface area contributed by atoms with Gasteiger partial charge in [-0.1, -0.05) is 13.0 Å². The van der Waals surface area contributed by atoms with Crippen molar-refractivity contribution in [3.8, 4) is 6.07 Å². The Morgan fingerprint density at radius 2 is 2.09 bits per heavy atom. The van der Waals surface area contributed by atoms with E-state index in [9.17, 15) is 0 Å². The normalized spacial score (nSPS) is 10.6. The van der Waals surface area contributed by atoms with Crippen molar-refractivity contribution in [1.29, 1.82) is 5.26 Å². The molecular formula is C17H20N4S. The summed E-state index contributed by atoms with van der Waals surface area (Å²) in [5.41, 5.74) is 2.76. The minimum atomic E-state index is 0.646. The summed E-state index contributed by atoms with van der Waals surface area (Å²) in [4.78, 5) is 11.3. The summed E-state index contributed by atoms with van der Waals surface area (Å²) in [6.07, 6.45) is 4.71. The van der Waals surface area contributed by atoms with Crippen molar-refractivity contribution in [2.24, 2.45) is 0 Å². The zero-order chi connectivity index (χ0) is 15.8. The quantitative estimate of drug-likeness (QED) is 0.735. The minimum absolute atomic E-state index is 0.646. The van der Waals surface area contributed by atoms with Crippen molar-refractivity contribution < 1.29 is 0 Å². The van der Waals surface area contributed by atoms with Crippen molar-refractivity contribution in [2.45, 2.75) is 24.9 Å². The van der Waals surface area contributed by atoms with Crippen LogP contribution in [0.3, 0.4) is 0 Å². The van der Waals surface area contributed by atoms with Gasteiger partial charge in [-0.05, 0) is 37.1 Å². The van der Waals surface area contributed by atoms with Crippen molar-refractivity contribution in [1.82, 2.24) is 14.9 Å². The van der Waals surface area contributed by atoms with Crippen LogP contribution >= 0.6 is 11.8 Å². The van der Waals surface area contributed by atoms with Gasteiger partial charge in [-0.2, -0.15) is 5.26 Å². The summed E-state index contributed by atoms with van der Waals surface area (Å²) in [5.74, 6) is 0. The smallest absolute Gasteiger partial charge is 0.114 e. The van der Waals surface area contributed by atoms with E-state index in [2.05, 4.69) is 33.9 Å². The molecule has 2 rings (SSSR count). The molecule has 0 saturated heterocycles. The zero-order valence-electron chi connectivity index (χ0n) is 13.0. The fourth-order valence-corrected chi connectivity index (χ4v) is 2.75. The molecule has 0 fully saturated rings. The van der Waals surface area contributed by atoms with E-state index in [4.69, 9.17) is 5.26 Å². The van der Waals surface area contributed by atoms with Gasteiger partial charge in [-0.3, -0.25) is 9.88 Å². The molecule has 5 heteroatoms. The van der Waals surface area contributed by atoms with Gasteiger partial charge in [0.1, 0.15) is 11.1 Å². The third kappa shape index (κ3) is 4.55. The van der Waals surface area contributed by atoms with Crippen molar-refractivity contribution in [3.05, 3.63) is 53.5 Å². The van der Waals surface area contributed by atoms with Gasteiger partial charge in [-0.15, -0.1) is 11.8 Å². The van der Waals surface area contributed by atoms with Crippen LogP contribution in [0, 0.1) is 11.3 Å². The van der Waals surface area contributed by atoms with E-state index >= 15 is 0 Å². The van der Waals surface area contributed by atoms with Crippen molar-refractivity contribution in [3.63, 3.8) is 0 Å². The van der Waals surface area contributed by atoms with E-state index in [-0.39, 0.29) is 0 Å². The summed E-state index contributed by atoms with van der Waals surface area (Å²) in [6.45, 7) is 4.85. The molecule has 0 aliphatic heterocycles. The summed E-state index contributed by atoms with van der Waals surface area (Å²) in [7, 11) is 0. The Balaban J connectivity index is 1.99. The van der Waals surface area contributed by atoms with Gasteiger partial charge in [-0.25, -0.2) is 4.98 Å². The Kier molecular flexibility index (Phi) is 6.38. The second-order valence-electron chi connectivity index (χ2n) is 4.91. The highest BCUT2D eigenvalue weighted by molar-refractivity contribution is 7.98. The maximum Gasteiger partial charge on any atom is 0.114 e. The molecule has 2 heterocycles. The molecule has 0 aromatic carbocycles. The molecule has 2 aromatic heterocycles. The van der Waals surface area contributed by atoms with Crippen LogP contribution in [0.1, 0.15) is 23.9 Å². The molecule has 4 nitrogen and oxygen atoms in total. The van der Waals surface area contributed by atoms with E-state index in [0.717, 1.165) is 42.5 Å². The number of aromatic nitrogens is 2. The second-order valence-corrected chi connectivity index (χ2v) is 5.71. The van der Waals surface area contributed by atoms with E-state index in [1.807, 2.05) is 36.7 Å². The molecule has 0 aliphatic rings. The maximum atomic E-state index is 9.06. The number of pyridine rings is 2. The Hall–Kier alpha value is -1.90. The largest absolute Gasteiger partial charge is 0.297 e. The molecule has 114 valence electrons. The van der Waals surface area contributed by atoms with E-state index in [1.165, 1.54) is 11.8 Å². The number of likely N-dealkylation sites (N-methyl/N-ethyl adjacent to an activating group) is 1. The lowest BCUT2D eigenvalue weighted by molar-refractivity contribution is 0.279. The highest BCUT2D eigenvalue weighted by atomic mass is 32.2. The lowest BCUT2D eigenvalue weighted by Crippen LogP contribution is -2.26. The maximum absolute atomic E-state index is 9.06. The predicted molar refractivity (Wildman–Crippen MR) is 89.6 cm³/mol. The lowest BCUT2D eigenvalue weighted by Gasteiger charge is -2.20. The Bertz CT molecular complexity index is 637. The first-order chi connectivity index (χ1) is 10.8. The van der Waals surface area contributed by atoms with Gasteiger partial charge < -0.3 is 0 Å². The molecule has 0 radical (unpaired) electrons. The van der Waals surface area contributed by atoms with Crippen LogP contribution in [0.2, 0.25) is 0 Å². The van der Waals surface area contributed by atoms with Gasteiger partial charge in [0.25, 0.3) is 0 Å². The topological polar surface area (TPSA) is 52.8 Å². The molecule has 0 saturated carbocycles. The summed E-state index contributed by atoms with van der Waals surface area (Å²) < 4.78 is 0. The fourth-order valence-electron chi connectivity index (χ4n) is 2.20. The van der Waals surface area contributed by atoms with Gasteiger partial charge >= 0.3 is 0 Å². The molecule has 0 spiro atoms. The average Bonchev–Trinajstić information content (AvgIpc) is 2.59. The summed E-state index contributed by atoms with van der Waals surface area (Å²) in [6, 6.07) is 12.0. The number of nitrogens with zero attached hydrogens (tertiary/aromatic N) is 4. The van der Waals surface area contributed by atoms with Gasteiger partial charge in [0.05, 0.1) is 11.3 Å². The number of nitriles is 1. The molecule has 0 atom stereocenters. The first kappa shape index (κ1) is 16.5. The molecule has 2 aromatic rings. The monoisotopic (exact) mass is 312 g/mol. The lowest BCUT2D eigenvalue weighted by atomic mass is 10.2. The van der Waals surface area contributed by atoms with Gasteiger partial charge in [0.15, 0.2) is 0 Å². The summed E-state index contributed by atoms with van der Waals surface area (Å²) >= 11 is 1.52. The average molecular weight is 312 g/mol. The first-order valence-electron chi connectivity index (χ1n) is 7.33. The van der Waals surface area contributed by atoms with Crippen LogP contribution in [0.15, 0.2) is 41.6 Å². The van der Waals surface area contributed by atoms with Gasteiger partial charge in [0, 0.05) is 31.4 Å². The highest BCUT2D eigenvalue weighted by Gasteiger charge is 2.09. The third-order valence-corrected chi connectivity index (χ3v) is 4.17. The van der Waals surface area contributed by atoms with Crippen molar-refractivity contribution >= 4 is 11.8 Å². The van der Waals surface area contributed by atoms with Crippen LogP contribution in [0.4, 0.5) is 0 Å². The Morgan fingerprint density at radius 3 is 2.73 bits per heavy atom. The SMILES string of the molecule is CCN(CCc1ccccn1)Cc1ccc(C#N)c(SC)n1. The van der Waals surface area contributed by atoms with E-state index in [0.29, 0.717) is 5.56 Å². The third-order valence-electron chi connectivity index (χ3n) is 3.47. The number of hydrogen-bond acceptors (Lipinski definition) is 5. The fraction of sp³-hybridized carbons (Fsp3) is 0.353. The molecule has 0 unspecified atom stereocenters. The second kappa shape index (κ2) is 8.52. The van der Waals surface area contributed by atoms with Crippen LogP contribution in [-0.4, -0.2) is 34.2 Å². The highest BCUT2D eigenvalue weighted by Crippen LogP contribution is 2.18. The molecule has 0 bridgehead atoms. The number of rotatable bonds is 7. The Labute approximate surface area is 136 Å². The van der Waals surface area contributed by atoms with Gasteiger partial charge in [0.2, 0.25) is 0 Å². The molecule has 22 heavy (non-hydrogen) atoms. The van der Waals surface area contributed by atoms with Crippen LogP contribution in [0.25, 0.3) is 0 Å². The number of thioether (sulfide) groups is 1. The summed E-state index contributed by atoms with van der Waals surface area (Å²) in [5, 5.41) is 9.86. The van der Waals surface area contributed by atoms with Crippen LogP contribution in [0.5, 0.6) is 0 Å². The number of hydrogen-bond donors (Lipinski definition) is 0. The van der Waals surface area contributed by atoms with Crippen LogP contribution < -0.4 is 0 Å². The van der Waals surface area contributed by atoms with Crippen LogP contribution in [-0.2, 0) is 13.0 Å². The standard InChI is InChI=1S/C17H20N4S/c1-3-21(11-9-15-6-4-5-10-19-15)13-16-8-7-14(12-18)17(20-16)22-2/h4-8,10H,3,9,11,13H2,1-2H3.